The molecule has 0 fully saturated rings. The molecule has 0 radical (unpaired) electrons. The minimum atomic E-state index is -0.877. The molecule has 100 valence electrons. The van der Waals surface area contributed by atoms with Crippen LogP contribution < -0.4 is 5.32 Å². The normalized spacial score (nSPS) is 12.5. The van der Waals surface area contributed by atoms with Crippen LogP contribution in [0, 0.1) is 0 Å². The lowest BCUT2D eigenvalue weighted by Crippen LogP contribution is -2.44. The van der Waals surface area contributed by atoms with Crippen molar-refractivity contribution in [2.24, 2.45) is 0 Å². The topological polar surface area (TPSA) is 69.6 Å². The second kappa shape index (κ2) is 8.06. The fourth-order valence-electron chi connectivity index (χ4n) is 1.39. The molecule has 0 spiro atoms. The standard InChI is InChI=1S/C12H24N2O3/c1-5-10(4)13-8-11(15)14(9(2)3)7-6-12(16)17/h9-10,13H,5-8H2,1-4H3,(H,16,17). The van der Waals surface area contributed by atoms with E-state index in [9.17, 15) is 9.59 Å². The molecule has 0 saturated carbocycles. The van der Waals surface area contributed by atoms with Gasteiger partial charge in [-0.3, -0.25) is 9.59 Å². The van der Waals surface area contributed by atoms with Gasteiger partial charge in [-0.15, -0.1) is 0 Å². The number of carbonyl (C=O) groups excluding carboxylic acids is 1. The van der Waals surface area contributed by atoms with E-state index in [0.717, 1.165) is 6.42 Å². The first kappa shape index (κ1) is 15.9. The first-order valence-corrected chi connectivity index (χ1v) is 6.13. The molecule has 0 saturated heterocycles. The van der Waals surface area contributed by atoms with Gasteiger partial charge >= 0.3 is 5.97 Å². The Balaban J connectivity index is 4.20. The van der Waals surface area contributed by atoms with Gasteiger partial charge in [0.1, 0.15) is 0 Å². The van der Waals surface area contributed by atoms with Crippen LogP contribution in [0.2, 0.25) is 0 Å². The number of nitrogens with zero attached hydrogens (tertiary/aromatic N) is 1. The molecule has 0 aromatic heterocycles. The van der Waals surface area contributed by atoms with E-state index in [1.807, 2.05) is 27.7 Å². The summed E-state index contributed by atoms with van der Waals surface area (Å²) in [6.07, 6.45) is 0.956. The van der Waals surface area contributed by atoms with E-state index in [-0.39, 0.29) is 31.5 Å². The number of hydrogen-bond acceptors (Lipinski definition) is 3. The van der Waals surface area contributed by atoms with E-state index < -0.39 is 5.97 Å². The molecule has 1 atom stereocenters. The van der Waals surface area contributed by atoms with Crippen molar-refractivity contribution in [2.45, 2.75) is 52.6 Å². The summed E-state index contributed by atoms with van der Waals surface area (Å²) >= 11 is 0. The molecule has 5 nitrogen and oxygen atoms in total. The highest BCUT2D eigenvalue weighted by Gasteiger charge is 2.17. The average molecular weight is 244 g/mol. The fraction of sp³-hybridized carbons (Fsp3) is 0.833. The van der Waals surface area contributed by atoms with Gasteiger partial charge in [0.2, 0.25) is 5.91 Å². The van der Waals surface area contributed by atoms with Crippen molar-refractivity contribution in [1.29, 1.82) is 0 Å². The van der Waals surface area contributed by atoms with Crippen molar-refractivity contribution in [3.8, 4) is 0 Å². The highest BCUT2D eigenvalue weighted by Crippen LogP contribution is 2.01. The Bertz CT molecular complexity index is 254. The summed E-state index contributed by atoms with van der Waals surface area (Å²) in [4.78, 5) is 24.0. The zero-order chi connectivity index (χ0) is 13.4. The fourth-order valence-corrected chi connectivity index (χ4v) is 1.39. The van der Waals surface area contributed by atoms with Gasteiger partial charge in [-0.05, 0) is 27.2 Å². The third-order valence-electron chi connectivity index (χ3n) is 2.72. The second-order valence-electron chi connectivity index (χ2n) is 4.51. The van der Waals surface area contributed by atoms with Gasteiger partial charge in [0, 0.05) is 18.6 Å². The maximum Gasteiger partial charge on any atom is 0.305 e. The van der Waals surface area contributed by atoms with Crippen molar-refractivity contribution in [3.63, 3.8) is 0 Å². The monoisotopic (exact) mass is 244 g/mol. The summed E-state index contributed by atoms with van der Waals surface area (Å²) in [6.45, 7) is 8.39. The second-order valence-corrected chi connectivity index (χ2v) is 4.51. The number of amides is 1. The summed E-state index contributed by atoms with van der Waals surface area (Å²) in [7, 11) is 0. The number of carbonyl (C=O) groups is 2. The number of aliphatic carboxylic acids is 1. The van der Waals surface area contributed by atoms with Crippen LogP contribution in [-0.4, -0.2) is 47.1 Å². The number of carboxylic acid groups (broad SMARTS) is 1. The highest BCUT2D eigenvalue weighted by atomic mass is 16.4. The lowest BCUT2D eigenvalue weighted by molar-refractivity contribution is -0.138. The number of carboxylic acids is 1. The van der Waals surface area contributed by atoms with Crippen molar-refractivity contribution in [3.05, 3.63) is 0 Å². The molecular formula is C12H24N2O3. The third kappa shape index (κ3) is 6.94. The Kier molecular flexibility index (Phi) is 7.54. The molecule has 0 bridgehead atoms. The van der Waals surface area contributed by atoms with Crippen molar-refractivity contribution in [1.82, 2.24) is 10.2 Å². The summed E-state index contributed by atoms with van der Waals surface area (Å²) < 4.78 is 0. The van der Waals surface area contributed by atoms with Crippen LogP contribution in [0.3, 0.4) is 0 Å². The Hall–Kier alpha value is -1.10. The van der Waals surface area contributed by atoms with Crippen LogP contribution in [0.25, 0.3) is 0 Å². The minimum Gasteiger partial charge on any atom is -0.481 e. The number of hydrogen-bond donors (Lipinski definition) is 2. The van der Waals surface area contributed by atoms with Crippen LogP contribution >= 0.6 is 0 Å². The molecule has 2 N–H and O–H groups in total. The quantitative estimate of drug-likeness (QED) is 0.670. The van der Waals surface area contributed by atoms with Crippen LogP contribution in [-0.2, 0) is 9.59 Å². The van der Waals surface area contributed by atoms with Crippen LogP contribution in [0.4, 0.5) is 0 Å². The molecule has 1 unspecified atom stereocenters. The first-order valence-electron chi connectivity index (χ1n) is 6.13. The predicted octanol–water partition coefficient (Wildman–Crippen LogP) is 1.09. The Labute approximate surface area is 103 Å². The molecule has 0 heterocycles. The molecule has 1 amide bonds. The average Bonchev–Trinajstić information content (AvgIpc) is 2.25. The van der Waals surface area contributed by atoms with Crippen molar-refractivity contribution < 1.29 is 14.7 Å². The number of rotatable bonds is 8. The first-order chi connectivity index (χ1) is 7.88. The van der Waals surface area contributed by atoms with Gasteiger partial charge in [-0.25, -0.2) is 0 Å². The van der Waals surface area contributed by atoms with Crippen LogP contribution in [0.5, 0.6) is 0 Å². The Morgan fingerprint density at radius 3 is 2.29 bits per heavy atom. The lowest BCUT2D eigenvalue weighted by Gasteiger charge is -2.27. The minimum absolute atomic E-state index is 0.00670. The van der Waals surface area contributed by atoms with Gasteiger partial charge in [-0.1, -0.05) is 6.92 Å². The zero-order valence-corrected chi connectivity index (χ0v) is 11.2. The van der Waals surface area contributed by atoms with Crippen LogP contribution in [0.1, 0.15) is 40.5 Å². The van der Waals surface area contributed by atoms with E-state index in [1.165, 1.54) is 0 Å². The Morgan fingerprint density at radius 1 is 1.29 bits per heavy atom. The summed E-state index contributed by atoms with van der Waals surface area (Å²) in [5.41, 5.74) is 0. The summed E-state index contributed by atoms with van der Waals surface area (Å²) in [6, 6.07) is 0.327. The smallest absolute Gasteiger partial charge is 0.305 e. The maximum absolute atomic E-state index is 11.9. The molecule has 0 aliphatic heterocycles. The number of nitrogens with one attached hydrogen (secondary N) is 1. The summed E-state index contributed by atoms with van der Waals surface area (Å²) in [5.74, 6) is -0.917. The molecule has 0 rings (SSSR count). The van der Waals surface area contributed by atoms with E-state index in [1.54, 1.807) is 4.90 Å². The van der Waals surface area contributed by atoms with E-state index >= 15 is 0 Å². The molecule has 0 aromatic rings. The lowest BCUT2D eigenvalue weighted by atomic mass is 10.2. The molecular weight excluding hydrogens is 220 g/mol. The van der Waals surface area contributed by atoms with Gasteiger partial charge in [0.05, 0.1) is 13.0 Å². The van der Waals surface area contributed by atoms with Crippen molar-refractivity contribution >= 4 is 11.9 Å². The zero-order valence-electron chi connectivity index (χ0n) is 11.2. The van der Waals surface area contributed by atoms with Gasteiger partial charge in [-0.2, -0.15) is 0 Å². The predicted molar refractivity (Wildman–Crippen MR) is 66.9 cm³/mol. The third-order valence-corrected chi connectivity index (χ3v) is 2.72. The maximum atomic E-state index is 11.9. The molecule has 0 aromatic carbocycles. The van der Waals surface area contributed by atoms with Crippen molar-refractivity contribution in [2.75, 3.05) is 13.1 Å². The molecule has 5 heteroatoms. The van der Waals surface area contributed by atoms with E-state index in [0.29, 0.717) is 6.04 Å². The van der Waals surface area contributed by atoms with Gasteiger partial charge in [0.25, 0.3) is 0 Å². The van der Waals surface area contributed by atoms with Gasteiger partial charge in [0.15, 0.2) is 0 Å². The molecule has 17 heavy (non-hydrogen) atoms. The molecule has 0 aliphatic rings. The summed E-state index contributed by atoms with van der Waals surface area (Å²) in [5, 5.41) is 11.7. The largest absolute Gasteiger partial charge is 0.481 e. The highest BCUT2D eigenvalue weighted by molar-refractivity contribution is 5.79. The van der Waals surface area contributed by atoms with E-state index in [4.69, 9.17) is 5.11 Å². The Morgan fingerprint density at radius 2 is 1.88 bits per heavy atom. The molecule has 0 aliphatic carbocycles. The van der Waals surface area contributed by atoms with Crippen LogP contribution in [0.15, 0.2) is 0 Å². The SMILES string of the molecule is CCC(C)NCC(=O)N(CCC(=O)O)C(C)C. The van der Waals surface area contributed by atoms with Gasteiger partial charge < -0.3 is 15.3 Å². The van der Waals surface area contributed by atoms with E-state index in [2.05, 4.69) is 5.32 Å².